The minimum absolute atomic E-state index is 0.0718. The van der Waals surface area contributed by atoms with Crippen molar-refractivity contribution < 1.29 is 66.3 Å². The van der Waals surface area contributed by atoms with E-state index in [0.29, 0.717) is 6.42 Å². The van der Waals surface area contributed by atoms with Crippen molar-refractivity contribution >= 4 is 35.9 Å². The van der Waals surface area contributed by atoms with Crippen LogP contribution in [0, 0.1) is 29.5 Å². The van der Waals surface area contributed by atoms with E-state index in [1.54, 1.807) is 53.6 Å². The molecule has 3 aliphatic rings. The highest BCUT2D eigenvalue weighted by Gasteiger charge is 2.57. The van der Waals surface area contributed by atoms with E-state index in [9.17, 15) is 33.5 Å². The third kappa shape index (κ3) is 10.3. The van der Waals surface area contributed by atoms with Crippen LogP contribution in [0.25, 0.3) is 11.8 Å². The number of carbonyl (C=O) groups excluding carboxylic acids is 5. The van der Waals surface area contributed by atoms with E-state index >= 15 is 4.39 Å². The van der Waals surface area contributed by atoms with Gasteiger partial charge in [-0.05, 0) is 84.8 Å². The van der Waals surface area contributed by atoms with Gasteiger partial charge in [-0.15, -0.1) is 0 Å². The Morgan fingerprint density at radius 3 is 2.43 bits per heavy atom. The molecule has 3 saturated heterocycles. The summed E-state index contributed by atoms with van der Waals surface area (Å²) in [7, 11) is 3.54. The number of cyclic esters (lactones) is 1. The number of rotatable bonds is 9. The van der Waals surface area contributed by atoms with E-state index in [2.05, 4.69) is 15.4 Å². The molecule has 3 aliphatic heterocycles. The minimum Gasteiger partial charge on any atom is -0.458 e. The fraction of sp³-hybridized carbons (Fsp3) is 0.643. The Morgan fingerprint density at radius 2 is 1.80 bits per heavy atom. The number of ether oxygens (including phenoxy) is 6. The molecule has 19 heteroatoms. The maximum Gasteiger partial charge on any atom is 0.509 e. The number of aliphatic hydroxyl groups is 1. The summed E-state index contributed by atoms with van der Waals surface area (Å²) in [5.41, 5.74) is -3.33. The number of aliphatic hydroxyl groups excluding tert-OH is 1. The highest BCUT2D eigenvalue weighted by atomic mass is 19.1. The lowest BCUT2D eigenvalue weighted by Gasteiger charge is -2.46. The largest absolute Gasteiger partial charge is 0.509 e. The SMILES string of the molecule is CC[C@H]1OC(=O)[C@H](C)C(=O)[C@H](C)[C@@H](O[C@@H]2O[C@H](C)C[C@H](N(C)C)[C@H]2O)[C@](C)(OC(=O)OCC(F)=Cc2ccc(-n3cncn3)c(F)c2)C[C@@H](C)C(=O)[C@H](C)[C@H]2NC(=O)O[C@@]21C. The molecule has 1 aromatic carbocycles. The third-order valence-electron chi connectivity index (χ3n) is 12.1. The van der Waals surface area contributed by atoms with Crippen molar-refractivity contribution in [2.75, 3.05) is 20.7 Å². The first-order chi connectivity index (χ1) is 28.6. The molecule has 0 spiro atoms. The van der Waals surface area contributed by atoms with Crippen molar-refractivity contribution in [2.24, 2.45) is 23.7 Å². The highest BCUT2D eigenvalue weighted by Crippen LogP contribution is 2.40. The first-order valence-corrected chi connectivity index (χ1v) is 20.4. The Kier molecular flexibility index (Phi) is 14.7. The second-order valence-corrected chi connectivity index (χ2v) is 17.0. The lowest BCUT2D eigenvalue weighted by molar-refractivity contribution is -0.293. The molecule has 336 valence electrons. The number of hydrogen-bond acceptors (Lipinski definition) is 15. The lowest BCUT2D eigenvalue weighted by atomic mass is 9.73. The molecule has 0 radical (unpaired) electrons. The zero-order valence-electron chi connectivity index (χ0n) is 36.1. The molecular formula is C42H57F2N5O12. The van der Waals surface area contributed by atoms with Gasteiger partial charge in [-0.1, -0.05) is 33.8 Å². The van der Waals surface area contributed by atoms with Crippen molar-refractivity contribution in [3.63, 3.8) is 0 Å². The number of nitrogens with one attached hydrogen (secondary N) is 1. The first-order valence-electron chi connectivity index (χ1n) is 20.4. The van der Waals surface area contributed by atoms with Crippen molar-refractivity contribution in [3.05, 3.63) is 48.1 Å². The molecule has 1 aromatic heterocycles. The zero-order valence-corrected chi connectivity index (χ0v) is 36.1. The number of aromatic nitrogens is 3. The average Bonchev–Trinajstić information content (AvgIpc) is 3.84. The van der Waals surface area contributed by atoms with Crippen LogP contribution >= 0.6 is 0 Å². The van der Waals surface area contributed by atoms with Crippen molar-refractivity contribution in [2.45, 2.75) is 129 Å². The van der Waals surface area contributed by atoms with Gasteiger partial charge in [-0.25, -0.2) is 28.0 Å². The van der Waals surface area contributed by atoms with E-state index in [4.69, 9.17) is 28.4 Å². The topological polar surface area (TPSA) is 207 Å². The molecule has 0 bridgehead atoms. The number of amides is 1. The predicted octanol–water partition coefficient (Wildman–Crippen LogP) is 4.72. The molecule has 3 fully saturated rings. The van der Waals surface area contributed by atoms with Crippen LogP contribution in [0.2, 0.25) is 0 Å². The number of nitrogens with zero attached hydrogens (tertiary/aromatic N) is 4. The highest BCUT2D eigenvalue weighted by molar-refractivity contribution is 6.00. The van der Waals surface area contributed by atoms with Crippen LogP contribution in [-0.2, 0) is 42.8 Å². The number of likely N-dealkylation sites (N-methyl/N-ethyl adjacent to an activating group) is 1. The number of Topliss-reactive ketones (excluding diaryl/α,β-unsaturated/α-hetero) is 2. The Bertz CT molecular complexity index is 1970. The maximum absolute atomic E-state index is 15.3. The Labute approximate surface area is 353 Å². The minimum atomic E-state index is -1.99. The Balaban J connectivity index is 1.51. The van der Waals surface area contributed by atoms with Gasteiger partial charge in [0.1, 0.15) is 72.2 Å². The number of halogens is 2. The quantitative estimate of drug-likeness (QED) is 0.199. The van der Waals surface area contributed by atoms with Crippen LogP contribution in [0.15, 0.2) is 36.7 Å². The van der Waals surface area contributed by atoms with Crippen molar-refractivity contribution in [1.29, 1.82) is 0 Å². The number of alkyl carbamates (subject to hydrolysis) is 1. The van der Waals surface area contributed by atoms with Crippen molar-refractivity contribution in [3.8, 4) is 5.69 Å². The van der Waals surface area contributed by atoms with Crippen LogP contribution in [0.3, 0.4) is 0 Å². The fourth-order valence-corrected chi connectivity index (χ4v) is 8.79. The number of benzene rings is 1. The number of fused-ring (bicyclic) bond motifs is 1. The summed E-state index contributed by atoms with van der Waals surface area (Å²) in [4.78, 5) is 74.5. The van der Waals surface area contributed by atoms with Gasteiger partial charge in [0.05, 0.1) is 12.1 Å². The summed E-state index contributed by atoms with van der Waals surface area (Å²) in [5, 5.41) is 18.1. The Hall–Kier alpha value is -4.85. The summed E-state index contributed by atoms with van der Waals surface area (Å²) in [6.07, 6.45) is -4.20. The zero-order chi connectivity index (χ0) is 45.1. The molecular weight excluding hydrogens is 804 g/mol. The van der Waals surface area contributed by atoms with Crippen LogP contribution in [0.4, 0.5) is 18.4 Å². The third-order valence-corrected chi connectivity index (χ3v) is 12.1. The first kappa shape index (κ1) is 47.2. The second kappa shape index (κ2) is 19.0. The van der Waals surface area contributed by atoms with Gasteiger partial charge in [0, 0.05) is 23.8 Å². The number of hydrogen-bond donors (Lipinski definition) is 2. The summed E-state index contributed by atoms with van der Waals surface area (Å²) in [6.45, 7) is 11.4. The number of carbonyl (C=O) groups is 5. The summed E-state index contributed by atoms with van der Waals surface area (Å²) in [6, 6.07) is 2.39. The van der Waals surface area contributed by atoms with Gasteiger partial charge >= 0.3 is 18.2 Å². The molecule has 5 rings (SSSR count). The van der Waals surface area contributed by atoms with E-state index in [0.717, 1.165) is 12.1 Å². The molecule has 61 heavy (non-hydrogen) atoms. The summed E-state index contributed by atoms with van der Waals surface area (Å²) >= 11 is 0. The van der Waals surface area contributed by atoms with Crippen LogP contribution in [0.1, 0.15) is 80.2 Å². The van der Waals surface area contributed by atoms with Crippen molar-refractivity contribution in [1.82, 2.24) is 25.0 Å². The van der Waals surface area contributed by atoms with Crippen LogP contribution < -0.4 is 5.32 Å². The average molecular weight is 862 g/mol. The maximum atomic E-state index is 15.3. The second-order valence-electron chi connectivity index (χ2n) is 17.0. The van der Waals surface area contributed by atoms with E-state index in [1.165, 1.54) is 50.2 Å². The standard InChI is InChI=1S/C42H57F2N5O12/c1-11-31-42(8)35(47-39(54)60-42)23(4)32(50)21(2)17-41(7,61-40(55)56-18-27(43)15-26-12-13-29(28(44)16-26)49-20-45-19-46-49)36(24(5)33(51)25(6)37(53)58-31)59-38-34(52)30(48(9)10)14-22(3)57-38/h12-13,15-16,19-25,30-31,34-36,38,52H,11,14,17-18H2,1-10H3,(H,47,54)/t21-,22-,23+,24+,25-,30+,31-,34-,35-,36-,38+,41-,42-/m1/s1. The normalized spacial score (nSPS) is 35.4. The van der Waals surface area contributed by atoms with Crippen LogP contribution in [-0.4, -0.2) is 129 Å². The van der Waals surface area contributed by atoms with Gasteiger partial charge in [-0.2, -0.15) is 5.10 Å². The molecule has 13 atom stereocenters. The summed E-state index contributed by atoms with van der Waals surface area (Å²) in [5.74, 6) is -8.45. The predicted molar refractivity (Wildman–Crippen MR) is 212 cm³/mol. The molecule has 0 unspecified atom stereocenters. The van der Waals surface area contributed by atoms with E-state index < -0.39 is 126 Å². The van der Waals surface area contributed by atoms with Gasteiger partial charge in [0.25, 0.3) is 0 Å². The molecule has 0 aliphatic carbocycles. The summed E-state index contributed by atoms with van der Waals surface area (Å²) < 4.78 is 66.6. The lowest BCUT2D eigenvalue weighted by Crippen LogP contribution is -2.60. The van der Waals surface area contributed by atoms with Gasteiger partial charge in [0.2, 0.25) is 0 Å². The number of ketones is 2. The van der Waals surface area contributed by atoms with E-state index in [-0.39, 0.29) is 24.1 Å². The molecule has 2 aromatic rings. The molecule has 17 nitrogen and oxygen atoms in total. The molecule has 4 heterocycles. The molecule has 0 saturated carbocycles. The van der Waals surface area contributed by atoms with Gasteiger partial charge in [0.15, 0.2) is 17.7 Å². The van der Waals surface area contributed by atoms with Crippen LogP contribution in [0.5, 0.6) is 0 Å². The number of esters is 1. The monoisotopic (exact) mass is 861 g/mol. The van der Waals surface area contributed by atoms with Gasteiger partial charge in [-0.3, -0.25) is 14.4 Å². The fourth-order valence-electron chi connectivity index (χ4n) is 8.79. The van der Waals surface area contributed by atoms with Gasteiger partial charge < -0.3 is 43.7 Å². The molecule has 2 N–H and O–H groups in total. The molecule has 1 amide bonds. The smallest absolute Gasteiger partial charge is 0.458 e. The van der Waals surface area contributed by atoms with E-state index in [1.807, 2.05) is 0 Å². The Morgan fingerprint density at radius 1 is 1.10 bits per heavy atom.